The fraction of sp³-hybridized carbons (Fsp3) is 0.731. The van der Waals surface area contributed by atoms with Crippen molar-refractivity contribution in [2.24, 2.45) is 23.7 Å². The molecule has 7 heteroatoms. The summed E-state index contributed by atoms with van der Waals surface area (Å²) in [5, 5.41) is 0. The molecule has 0 N–H and O–H groups in total. The minimum atomic E-state index is -1.32. The molecule has 2 fully saturated rings. The summed E-state index contributed by atoms with van der Waals surface area (Å²) in [5.41, 5.74) is 1.09. The largest absolute Gasteiger partial charge is 0.457 e. The maximum atomic E-state index is 14.3. The number of carbonyl (C=O) groups is 1. The van der Waals surface area contributed by atoms with Crippen LogP contribution in [0.1, 0.15) is 53.5 Å². The molecular formula is C26H39FO6. The van der Waals surface area contributed by atoms with Crippen LogP contribution < -0.4 is 0 Å². The molecule has 186 valence electrons. The Balaban J connectivity index is 1.73. The van der Waals surface area contributed by atoms with Crippen LogP contribution in [0.3, 0.4) is 0 Å². The monoisotopic (exact) mass is 466 g/mol. The van der Waals surface area contributed by atoms with Crippen molar-refractivity contribution in [2.45, 2.75) is 91.6 Å². The van der Waals surface area contributed by atoms with E-state index in [9.17, 15) is 9.18 Å². The molecule has 0 amide bonds. The van der Waals surface area contributed by atoms with Crippen LogP contribution in [0, 0.1) is 23.7 Å². The SMILES string of the molecule is CCC1O[C@@H](F)C(C)[C@@H](C)[C@@H]1O[C@@H]1OC(COCc2ccccc2)[C@H](C)[C@H](C)C1OC(C)=O. The van der Waals surface area contributed by atoms with E-state index >= 15 is 0 Å². The summed E-state index contributed by atoms with van der Waals surface area (Å²) in [6.07, 6.45) is -3.04. The molecule has 0 radical (unpaired) electrons. The molecule has 1 aromatic rings. The molecule has 2 heterocycles. The zero-order valence-corrected chi connectivity index (χ0v) is 20.6. The number of esters is 1. The predicted octanol–water partition coefficient (Wildman–Crippen LogP) is 4.89. The zero-order valence-electron chi connectivity index (χ0n) is 20.6. The van der Waals surface area contributed by atoms with E-state index < -0.39 is 24.9 Å². The maximum absolute atomic E-state index is 14.3. The Bertz CT molecular complexity index is 744. The summed E-state index contributed by atoms with van der Waals surface area (Å²) in [4.78, 5) is 11.9. The number of benzene rings is 1. The van der Waals surface area contributed by atoms with Crippen molar-refractivity contribution in [1.82, 2.24) is 0 Å². The Morgan fingerprint density at radius 2 is 1.61 bits per heavy atom. The summed E-state index contributed by atoms with van der Waals surface area (Å²) in [6.45, 7) is 12.1. The van der Waals surface area contributed by atoms with Gasteiger partial charge in [-0.2, -0.15) is 0 Å². The average molecular weight is 467 g/mol. The first kappa shape index (κ1) is 26.1. The van der Waals surface area contributed by atoms with E-state index in [1.54, 1.807) is 0 Å². The lowest BCUT2D eigenvalue weighted by Gasteiger charge is -2.48. The lowest BCUT2D eigenvalue weighted by atomic mass is 9.82. The summed E-state index contributed by atoms with van der Waals surface area (Å²) in [7, 11) is 0. The van der Waals surface area contributed by atoms with Gasteiger partial charge in [-0.25, -0.2) is 4.39 Å². The van der Waals surface area contributed by atoms with E-state index in [1.807, 2.05) is 58.0 Å². The van der Waals surface area contributed by atoms with Crippen LogP contribution in [-0.2, 0) is 35.1 Å². The lowest BCUT2D eigenvalue weighted by Crippen LogP contribution is -2.57. The highest BCUT2D eigenvalue weighted by molar-refractivity contribution is 5.66. The van der Waals surface area contributed by atoms with Gasteiger partial charge in [0.2, 0.25) is 6.36 Å². The van der Waals surface area contributed by atoms with Gasteiger partial charge in [0.15, 0.2) is 12.4 Å². The van der Waals surface area contributed by atoms with E-state index in [2.05, 4.69) is 6.92 Å². The molecule has 0 aliphatic carbocycles. The number of ether oxygens (including phenoxy) is 5. The van der Waals surface area contributed by atoms with Gasteiger partial charge in [0.1, 0.15) is 0 Å². The molecule has 33 heavy (non-hydrogen) atoms. The van der Waals surface area contributed by atoms with Crippen molar-refractivity contribution < 1.29 is 32.9 Å². The second-order valence-corrected chi connectivity index (χ2v) is 9.59. The first-order valence-electron chi connectivity index (χ1n) is 12.1. The Kier molecular flexibility index (Phi) is 9.27. The van der Waals surface area contributed by atoms with Gasteiger partial charge in [0.25, 0.3) is 0 Å². The standard InChI is InChI=1S/C26H39FO6/c1-7-21-23(17(4)18(5)25(27)31-21)33-26-24(30-19(6)28)16(3)15(2)22(32-26)14-29-13-20-11-9-8-10-12-20/h8-12,15-18,21-26H,7,13-14H2,1-6H3/t15-,16+,17-,18?,21?,22?,23+,24?,25-,26+/m1/s1. The second kappa shape index (κ2) is 11.7. The van der Waals surface area contributed by atoms with Gasteiger partial charge in [0.05, 0.1) is 31.5 Å². The molecule has 2 aliphatic heterocycles. The van der Waals surface area contributed by atoms with Crippen LogP contribution in [0.15, 0.2) is 30.3 Å². The van der Waals surface area contributed by atoms with Gasteiger partial charge in [0, 0.05) is 18.8 Å². The number of hydrogen-bond acceptors (Lipinski definition) is 6. The molecule has 3 rings (SSSR count). The molecule has 0 saturated carbocycles. The third-order valence-corrected chi connectivity index (χ3v) is 7.33. The first-order chi connectivity index (χ1) is 15.7. The molecule has 6 nitrogen and oxygen atoms in total. The predicted molar refractivity (Wildman–Crippen MR) is 122 cm³/mol. The van der Waals surface area contributed by atoms with Gasteiger partial charge in [-0.15, -0.1) is 0 Å². The number of carbonyl (C=O) groups excluding carboxylic acids is 1. The molecular weight excluding hydrogens is 427 g/mol. The van der Waals surface area contributed by atoms with Crippen LogP contribution >= 0.6 is 0 Å². The normalized spacial score (nSPS) is 39.2. The molecule has 1 aromatic carbocycles. The van der Waals surface area contributed by atoms with E-state index in [0.717, 1.165) is 5.56 Å². The Morgan fingerprint density at radius 1 is 0.939 bits per heavy atom. The van der Waals surface area contributed by atoms with Crippen molar-refractivity contribution >= 4 is 5.97 Å². The molecule has 2 aliphatic rings. The van der Waals surface area contributed by atoms with E-state index in [4.69, 9.17) is 23.7 Å². The smallest absolute Gasteiger partial charge is 0.303 e. The Morgan fingerprint density at radius 3 is 2.24 bits per heavy atom. The van der Waals surface area contributed by atoms with Crippen molar-refractivity contribution in [3.63, 3.8) is 0 Å². The van der Waals surface area contributed by atoms with Gasteiger partial charge in [-0.3, -0.25) is 4.79 Å². The summed E-state index contributed by atoms with van der Waals surface area (Å²) >= 11 is 0. The van der Waals surface area contributed by atoms with Crippen molar-refractivity contribution in [2.75, 3.05) is 6.61 Å². The lowest BCUT2D eigenvalue weighted by molar-refractivity contribution is -0.325. The summed E-state index contributed by atoms with van der Waals surface area (Å²) in [6, 6.07) is 9.97. The van der Waals surface area contributed by atoms with E-state index in [-0.39, 0.29) is 41.8 Å². The number of halogens is 1. The third-order valence-electron chi connectivity index (χ3n) is 7.33. The van der Waals surface area contributed by atoms with Crippen LogP contribution in [0.2, 0.25) is 0 Å². The van der Waals surface area contributed by atoms with Gasteiger partial charge >= 0.3 is 5.97 Å². The van der Waals surface area contributed by atoms with Crippen LogP contribution in [-0.4, -0.2) is 49.6 Å². The fourth-order valence-corrected chi connectivity index (χ4v) is 4.72. The van der Waals surface area contributed by atoms with Crippen LogP contribution in [0.5, 0.6) is 0 Å². The highest BCUT2D eigenvalue weighted by Crippen LogP contribution is 2.39. The van der Waals surface area contributed by atoms with Gasteiger partial charge < -0.3 is 23.7 Å². The molecule has 0 aromatic heterocycles. The minimum absolute atomic E-state index is 0.00999. The Hall–Kier alpha value is -1.54. The molecule has 0 bridgehead atoms. The van der Waals surface area contributed by atoms with Gasteiger partial charge in [-0.1, -0.05) is 65.0 Å². The molecule has 4 unspecified atom stereocenters. The minimum Gasteiger partial charge on any atom is -0.457 e. The van der Waals surface area contributed by atoms with Gasteiger partial charge in [-0.05, 0) is 23.8 Å². The first-order valence-corrected chi connectivity index (χ1v) is 12.1. The average Bonchev–Trinajstić information content (AvgIpc) is 2.80. The maximum Gasteiger partial charge on any atom is 0.303 e. The summed E-state index contributed by atoms with van der Waals surface area (Å²) < 4.78 is 44.3. The van der Waals surface area contributed by atoms with Crippen molar-refractivity contribution in [3.05, 3.63) is 35.9 Å². The number of rotatable bonds is 8. The number of hydrogen-bond donors (Lipinski definition) is 0. The van der Waals surface area contributed by atoms with E-state index in [1.165, 1.54) is 6.92 Å². The van der Waals surface area contributed by atoms with Crippen molar-refractivity contribution in [1.29, 1.82) is 0 Å². The second-order valence-electron chi connectivity index (χ2n) is 9.59. The molecule has 10 atom stereocenters. The number of alkyl halides is 1. The van der Waals surface area contributed by atoms with Crippen molar-refractivity contribution in [3.8, 4) is 0 Å². The summed E-state index contributed by atoms with van der Waals surface area (Å²) in [5.74, 6) is -0.699. The van der Waals surface area contributed by atoms with E-state index in [0.29, 0.717) is 19.6 Å². The molecule has 0 spiro atoms. The quantitative estimate of drug-likeness (QED) is 0.508. The Labute approximate surface area is 197 Å². The van der Waals surface area contributed by atoms with Crippen LogP contribution in [0.4, 0.5) is 4.39 Å². The molecule has 2 saturated heterocycles. The highest BCUT2D eigenvalue weighted by atomic mass is 19.1. The van der Waals surface area contributed by atoms with Crippen LogP contribution in [0.25, 0.3) is 0 Å². The third kappa shape index (κ3) is 6.32. The highest BCUT2D eigenvalue weighted by Gasteiger charge is 2.48. The zero-order chi connectivity index (χ0) is 24.1. The fourth-order valence-electron chi connectivity index (χ4n) is 4.72. The topological polar surface area (TPSA) is 63.2 Å².